The maximum Gasteiger partial charge on any atom is 0.258 e. The van der Waals surface area contributed by atoms with Crippen molar-refractivity contribution in [3.8, 4) is 5.75 Å². The van der Waals surface area contributed by atoms with E-state index in [-0.39, 0.29) is 18.6 Å². The molecule has 0 saturated carbocycles. The van der Waals surface area contributed by atoms with E-state index >= 15 is 0 Å². The Morgan fingerprint density at radius 2 is 2.00 bits per heavy atom. The van der Waals surface area contributed by atoms with Crippen LogP contribution in [0.3, 0.4) is 0 Å². The van der Waals surface area contributed by atoms with E-state index in [0.29, 0.717) is 10.8 Å². The smallest absolute Gasteiger partial charge is 0.258 e. The Morgan fingerprint density at radius 1 is 1.22 bits per heavy atom. The molecule has 0 aromatic heterocycles. The van der Waals surface area contributed by atoms with Gasteiger partial charge in [-0.25, -0.2) is 0 Å². The Balaban J connectivity index is 1.97. The van der Waals surface area contributed by atoms with Crippen molar-refractivity contribution in [1.82, 2.24) is 5.32 Å². The second-order valence-electron chi connectivity index (χ2n) is 5.63. The highest BCUT2D eigenvalue weighted by Gasteiger charge is 2.15. The Bertz CT molecular complexity index is 685. The van der Waals surface area contributed by atoms with Gasteiger partial charge in [0, 0.05) is 5.02 Å². The standard InChI is InChI=1S/C19H22ClNO2/c1-4-18(17-9-8-13(2)10-14(17)3)21-19(22)12-23-16-7-5-6-15(20)11-16/h5-11,18H,4,12H2,1-3H3,(H,21,22)/t18-/m0/s1. The molecule has 122 valence electrons. The number of hydrogen-bond donors (Lipinski definition) is 1. The second-order valence-corrected chi connectivity index (χ2v) is 6.07. The molecule has 1 amide bonds. The number of carbonyl (C=O) groups excluding carboxylic acids is 1. The molecule has 0 saturated heterocycles. The van der Waals surface area contributed by atoms with Crippen molar-refractivity contribution in [2.45, 2.75) is 33.2 Å². The molecule has 0 bridgehead atoms. The SMILES string of the molecule is CC[C@H](NC(=O)COc1cccc(Cl)c1)c1ccc(C)cc1C. The number of halogens is 1. The van der Waals surface area contributed by atoms with E-state index in [1.807, 2.05) is 0 Å². The number of hydrogen-bond acceptors (Lipinski definition) is 2. The van der Waals surface area contributed by atoms with Crippen LogP contribution in [0.4, 0.5) is 0 Å². The van der Waals surface area contributed by atoms with E-state index in [1.165, 1.54) is 11.1 Å². The molecule has 3 nitrogen and oxygen atoms in total. The number of nitrogens with one attached hydrogen (secondary N) is 1. The second kappa shape index (κ2) is 8.02. The van der Waals surface area contributed by atoms with Crippen LogP contribution in [0.5, 0.6) is 5.75 Å². The summed E-state index contributed by atoms with van der Waals surface area (Å²) in [6.45, 7) is 6.17. The molecule has 23 heavy (non-hydrogen) atoms. The van der Waals surface area contributed by atoms with Gasteiger partial charge in [-0.2, -0.15) is 0 Å². The first kappa shape index (κ1) is 17.4. The van der Waals surface area contributed by atoms with Crippen molar-refractivity contribution in [2.75, 3.05) is 6.61 Å². The fourth-order valence-electron chi connectivity index (χ4n) is 2.56. The average molecular weight is 332 g/mol. The predicted octanol–water partition coefficient (Wildman–Crippen LogP) is 4.60. The lowest BCUT2D eigenvalue weighted by Crippen LogP contribution is -2.32. The lowest BCUT2D eigenvalue weighted by Gasteiger charge is -2.20. The van der Waals surface area contributed by atoms with E-state index in [4.69, 9.17) is 16.3 Å². The predicted molar refractivity (Wildman–Crippen MR) is 94.0 cm³/mol. The first-order chi connectivity index (χ1) is 11.0. The quantitative estimate of drug-likeness (QED) is 0.839. The average Bonchev–Trinajstić information content (AvgIpc) is 2.51. The van der Waals surface area contributed by atoms with Crippen LogP contribution in [-0.4, -0.2) is 12.5 Å². The van der Waals surface area contributed by atoms with Crippen LogP contribution in [0.15, 0.2) is 42.5 Å². The maximum absolute atomic E-state index is 12.2. The van der Waals surface area contributed by atoms with E-state index in [0.717, 1.165) is 12.0 Å². The van der Waals surface area contributed by atoms with Gasteiger partial charge < -0.3 is 10.1 Å². The molecule has 0 aliphatic rings. The van der Waals surface area contributed by atoms with Crippen molar-refractivity contribution in [3.05, 3.63) is 64.2 Å². The summed E-state index contributed by atoms with van der Waals surface area (Å²) in [5.41, 5.74) is 3.55. The highest BCUT2D eigenvalue weighted by Crippen LogP contribution is 2.22. The summed E-state index contributed by atoms with van der Waals surface area (Å²) >= 11 is 5.90. The molecule has 2 rings (SSSR count). The van der Waals surface area contributed by atoms with Gasteiger partial charge in [0.25, 0.3) is 5.91 Å². The van der Waals surface area contributed by atoms with Crippen LogP contribution < -0.4 is 10.1 Å². The number of benzene rings is 2. The summed E-state index contributed by atoms with van der Waals surface area (Å²) in [5, 5.41) is 3.62. The molecule has 0 aliphatic heterocycles. The molecule has 0 heterocycles. The van der Waals surface area contributed by atoms with Gasteiger partial charge in [-0.1, -0.05) is 48.4 Å². The van der Waals surface area contributed by atoms with Gasteiger partial charge in [-0.3, -0.25) is 4.79 Å². The van der Waals surface area contributed by atoms with Crippen molar-refractivity contribution in [1.29, 1.82) is 0 Å². The molecule has 1 atom stereocenters. The van der Waals surface area contributed by atoms with Gasteiger partial charge in [0.05, 0.1) is 6.04 Å². The number of amides is 1. The fourth-order valence-corrected chi connectivity index (χ4v) is 2.74. The third kappa shape index (κ3) is 5.00. The van der Waals surface area contributed by atoms with Crippen molar-refractivity contribution < 1.29 is 9.53 Å². The molecular formula is C19H22ClNO2. The fraction of sp³-hybridized carbons (Fsp3) is 0.316. The Kier molecular flexibility index (Phi) is 6.05. The molecule has 2 aromatic carbocycles. The molecule has 0 radical (unpaired) electrons. The van der Waals surface area contributed by atoms with E-state index in [9.17, 15) is 4.79 Å². The molecule has 0 spiro atoms. The normalized spacial score (nSPS) is 11.8. The summed E-state index contributed by atoms with van der Waals surface area (Å²) in [6.07, 6.45) is 0.826. The topological polar surface area (TPSA) is 38.3 Å². The van der Waals surface area contributed by atoms with Crippen LogP contribution in [0, 0.1) is 13.8 Å². The van der Waals surface area contributed by atoms with E-state index < -0.39 is 0 Å². The Morgan fingerprint density at radius 3 is 2.65 bits per heavy atom. The van der Waals surface area contributed by atoms with Crippen LogP contribution in [0.2, 0.25) is 5.02 Å². The summed E-state index contributed by atoms with van der Waals surface area (Å²) in [7, 11) is 0. The Hall–Kier alpha value is -2.00. The highest BCUT2D eigenvalue weighted by molar-refractivity contribution is 6.30. The van der Waals surface area contributed by atoms with Gasteiger partial charge in [0.2, 0.25) is 0 Å². The number of ether oxygens (including phenoxy) is 1. The van der Waals surface area contributed by atoms with Gasteiger partial charge in [0.15, 0.2) is 6.61 Å². The molecule has 1 N–H and O–H groups in total. The first-order valence-electron chi connectivity index (χ1n) is 7.74. The number of aryl methyl sites for hydroxylation is 2. The third-order valence-electron chi connectivity index (χ3n) is 3.71. The minimum atomic E-state index is -0.142. The largest absolute Gasteiger partial charge is 0.484 e. The molecule has 0 unspecified atom stereocenters. The van der Waals surface area contributed by atoms with Crippen LogP contribution in [-0.2, 0) is 4.79 Å². The highest BCUT2D eigenvalue weighted by atomic mass is 35.5. The van der Waals surface area contributed by atoms with Gasteiger partial charge in [-0.05, 0) is 49.6 Å². The third-order valence-corrected chi connectivity index (χ3v) is 3.95. The molecule has 0 aliphatic carbocycles. The minimum absolute atomic E-state index is 0.00828. The number of rotatable bonds is 6. The van der Waals surface area contributed by atoms with Gasteiger partial charge >= 0.3 is 0 Å². The van der Waals surface area contributed by atoms with Crippen molar-refractivity contribution in [2.24, 2.45) is 0 Å². The van der Waals surface area contributed by atoms with Gasteiger partial charge in [0.1, 0.15) is 5.75 Å². The van der Waals surface area contributed by atoms with Crippen LogP contribution in [0.1, 0.15) is 36.1 Å². The van der Waals surface area contributed by atoms with E-state index in [1.54, 1.807) is 24.3 Å². The lowest BCUT2D eigenvalue weighted by atomic mass is 9.97. The van der Waals surface area contributed by atoms with Crippen LogP contribution >= 0.6 is 11.6 Å². The van der Waals surface area contributed by atoms with Crippen molar-refractivity contribution in [3.63, 3.8) is 0 Å². The zero-order valence-corrected chi connectivity index (χ0v) is 14.5. The Labute approximate surface area is 142 Å². The minimum Gasteiger partial charge on any atom is -0.484 e. The summed E-state index contributed by atoms with van der Waals surface area (Å²) < 4.78 is 5.48. The summed E-state index contributed by atoms with van der Waals surface area (Å²) in [5.74, 6) is 0.448. The molecule has 0 fully saturated rings. The molecule has 4 heteroatoms. The lowest BCUT2D eigenvalue weighted by molar-refractivity contribution is -0.123. The molecule has 2 aromatic rings. The monoisotopic (exact) mass is 331 g/mol. The summed E-state index contributed by atoms with van der Waals surface area (Å²) in [6, 6.07) is 13.3. The van der Waals surface area contributed by atoms with Crippen LogP contribution in [0.25, 0.3) is 0 Å². The zero-order valence-electron chi connectivity index (χ0n) is 13.7. The van der Waals surface area contributed by atoms with Gasteiger partial charge in [-0.15, -0.1) is 0 Å². The zero-order chi connectivity index (χ0) is 16.8. The number of carbonyl (C=O) groups is 1. The summed E-state index contributed by atoms with van der Waals surface area (Å²) in [4.78, 5) is 12.2. The first-order valence-corrected chi connectivity index (χ1v) is 8.12. The van der Waals surface area contributed by atoms with E-state index in [2.05, 4.69) is 44.3 Å². The molecular weight excluding hydrogens is 310 g/mol. The van der Waals surface area contributed by atoms with Crippen molar-refractivity contribution >= 4 is 17.5 Å². The maximum atomic E-state index is 12.2.